The summed E-state index contributed by atoms with van der Waals surface area (Å²) in [5, 5.41) is 19.7. The number of hydrogen-bond acceptors (Lipinski definition) is 6. The van der Waals surface area contributed by atoms with Crippen LogP contribution in [-0.4, -0.2) is 45.6 Å². The second kappa shape index (κ2) is 5.21. The summed E-state index contributed by atoms with van der Waals surface area (Å²) in [6.07, 6.45) is 1.10. The van der Waals surface area contributed by atoms with Gasteiger partial charge in [0, 0.05) is 30.7 Å². The number of nitrogens with zero attached hydrogens (tertiary/aromatic N) is 3. The van der Waals surface area contributed by atoms with Crippen LogP contribution in [0.2, 0.25) is 0 Å². The molecule has 0 radical (unpaired) electrons. The van der Waals surface area contributed by atoms with E-state index in [0.29, 0.717) is 18.9 Å². The standard InChI is InChI=1S/C10H11N3O4S/c14-10(15)8-5-7(13(16)17)6-11-9(8)12-1-3-18-4-2-12/h5-6H,1-4H2,(H,14,15). The molecule has 0 atom stereocenters. The molecule has 0 bridgehead atoms. The number of aromatic nitrogens is 1. The maximum Gasteiger partial charge on any atom is 0.339 e. The van der Waals surface area contributed by atoms with Crippen LogP contribution < -0.4 is 4.90 Å². The molecule has 1 aromatic heterocycles. The number of carboxylic acid groups (broad SMARTS) is 1. The smallest absolute Gasteiger partial charge is 0.339 e. The van der Waals surface area contributed by atoms with Gasteiger partial charge >= 0.3 is 5.97 Å². The molecule has 0 saturated carbocycles. The van der Waals surface area contributed by atoms with Crippen molar-refractivity contribution in [3.05, 3.63) is 27.9 Å². The largest absolute Gasteiger partial charge is 0.478 e. The summed E-state index contributed by atoms with van der Waals surface area (Å²) in [7, 11) is 0. The van der Waals surface area contributed by atoms with Crippen molar-refractivity contribution in [2.24, 2.45) is 0 Å². The van der Waals surface area contributed by atoms with Gasteiger partial charge in [-0.15, -0.1) is 0 Å². The molecule has 1 saturated heterocycles. The fourth-order valence-electron chi connectivity index (χ4n) is 1.73. The average molecular weight is 269 g/mol. The highest BCUT2D eigenvalue weighted by molar-refractivity contribution is 7.99. The first-order chi connectivity index (χ1) is 8.59. The van der Waals surface area contributed by atoms with Crippen molar-refractivity contribution in [2.45, 2.75) is 0 Å². The van der Waals surface area contributed by atoms with Crippen molar-refractivity contribution in [1.29, 1.82) is 0 Å². The van der Waals surface area contributed by atoms with Gasteiger partial charge in [0.05, 0.1) is 4.92 Å². The van der Waals surface area contributed by atoms with E-state index in [1.165, 1.54) is 0 Å². The second-order valence-corrected chi connectivity index (χ2v) is 4.95. The Balaban J connectivity index is 2.39. The van der Waals surface area contributed by atoms with Crippen molar-refractivity contribution in [2.75, 3.05) is 29.5 Å². The number of hydrogen-bond donors (Lipinski definition) is 1. The van der Waals surface area contributed by atoms with E-state index >= 15 is 0 Å². The van der Waals surface area contributed by atoms with Crippen molar-refractivity contribution >= 4 is 29.2 Å². The third-order valence-electron chi connectivity index (χ3n) is 2.60. The van der Waals surface area contributed by atoms with Crippen molar-refractivity contribution in [3.8, 4) is 0 Å². The average Bonchev–Trinajstić information content (AvgIpc) is 2.39. The Morgan fingerprint density at radius 3 is 2.72 bits per heavy atom. The van der Waals surface area contributed by atoms with Gasteiger partial charge in [-0.05, 0) is 0 Å². The molecule has 2 rings (SSSR count). The molecule has 1 aliphatic heterocycles. The summed E-state index contributed by atoms with van der Waals surface area (Å²) in [5.41, 5.74) is -0.418. The lowest BCUT2D eigenvalue weighted by Crippen LogP contribution is -2.34. The lowest BCUT2D eigenvalue weighted by atomic mass is 10.2. The van der Waals surface area contributed by atoms with Crippen LogP contribution in [0.15, 0.2) is 12.3 Å². The van der Waals surface area contributed by atoms with E-state index in [-0.39, 0.29) is 11.3 Å². The molecule has 8 heteroatoms. The zero-order valence-corrected chi connectivity index (χ0v) is 10.2. The fraction of sp³-hybridized carbons (Fsp3) is 0.400. The summed E-state index contributed by atoms with van der Waals surface area (Å²) >= 11 is 1.79. The number of anilines is 1. The van der Waals surface area contributed by atoms with Gasteiger partial charge in [-0.3, -0.25) is 10.1 Å². The van der Waals surface area contributed by atoms with Gasteiger partial charge in [0.2, 0.25) is 0 Å². The van der Waals surface area contributed by atoms with E-state index in [1.807, 2.05) is 4.90 Å². The Morgan fingerprint density at radius 1 is 1.50 bits per heavy atom. The Labute approximate surface area is 107 Å². The lowest BCUT2D eigenvalue weighted by Gasteiger charge is -2.28. The molecule has 0 spiro atoms. The predicted molar refractivity (Wildman–Crippen MR) is 67.4 cm³/mol. The summed E-state index contributed by atoms with van der Waals surface area (Å²) in [4.78, 5) is 26.9. The van der Waals surface area contributed by atoms with Crippen molar-refractivity contribution < 1.29 is 14.8 Å². The summed E-state index contributed by atoms with van der Waals surface area (Å²) in [5.74, 6) is 0.919. The van der Waals surface area contributed by atoms with Crippen LogP contribution in [0, 0.1) is 10.1 Å². The number of thioether (sulfide) groups is 1. The van der Waals surface area contributed by atoms with E-state index < -0.39 is 10.9 Å². The number of pyridine rings is 1. The summed E-state index contributed by atoms with van der Waals surface area (Å²) in [6.45, 7) is 1.41. The van der Waals surface area contributed by atoms with Crippen LogP contribution in [0.4, 0.5) is 11.5 Å². The Kier molecular flexibility index (Phi) is 3.66. The molecule has 2 heterocycles. The SMILES string of the molecule is O=C(O)c1cc([N+](=O)[O-])cnc1N1CCSCC1. The summed E-state index contributed by atoms with van der Waals surface area (Å²) < 4.78 is 0. The monoisotopic (exact) mass is 269 g/mol. The van der Waals surface area contributed by atoms with Crippen molar-refractivity contribution in [1.82, 2.24) is 4.98 Å². The molecule has 96 valence electrons. The Hall–Kier alpha value is -1.83. The molecule has 1 N–H and O–H groups in total. The zero-order valence-electron chi connectivity index (χ0n) is 9.40. The Bertz CT molecular complexity index is 488. The number of aromatic carboxylic acids is 1. The minimum atomic E-state index is -1.19. The third-order valence-corrected chi connectivity index (χ3v) is 3.55. The maximum absolute atomic E-state index is 11.1. The molecular weight excluding hydrogens is 258 g/mol. The van der Waals surface area contributed by atoms with E-state index in [9.17, 15) is 14.9 Å². The molecule has 0 amide bonds. The number of carboxylic acids is 1. The molecular formula is C10H11N3O4S. The van der Waals surface area contributed by atoms with Crippen LogP contribution in [0.25, 0.3) is 0 Å². The first kappa shape index (κ1) is 12.6. The van der Waals surface area contributed by atoms with E-state index in [4.69, 9.17) is 5.11 Å². The molecule has 0 aliphatic carbocycles. The quantitative estimate of drug-likeness (QED) is 0.651. The molecule has 0 unspecified atom stereocenters. The van der Waals surface area contributed by atoms with E-state index in [0.717, 1.165) is 23.8 Å². The first-order valence-corrected chi connectivity index (χ1v) is 6.45. The van der Waals surface area contributed by atoms with Gasteiger partial charge in [0.1, 0.15) is 17.6 Å². The third kappa shape index (κ3) is 2.53. The molecule has 1 aliphatic rings. The van der Waals surface area contributed by atoms with Gasteiger partial charge in [0.25, 0.3) is 5.69 Å². The second-order valence-electron chi connectivity index (χ2n) is 3.73. The number of carbonyl (C=O) groups is 1. The van der Waals surface area contributed by atoms with Gasteiger partial charge in [-0.2, -0.15) is 11.8 Å². The first-order valence-electron chi connectivity index (χ1n) is 5.30. The van der Waals surface area contributed by atoms with Crippen molar-refractivity contribution in [3.63, 3.8) is 0 Å². The highest BCUT2D eigenvalue weighted by atomic mass is 32.2. The molecule has 7 nitrogen and oxygen atoms in total. The van der Waals surface area contributed by atoms with Crippen LogP contribution in [0.3, 0.4) is 0 Å². The number of nitro groups is 1. The molecule has 18 heavy (non-hydrogen) atoms. The minimum Gasteiger partial charge on any atom is -0.478 e. The van der Waals surface area contributed by atoms with E-state index in [1.54, 1.807) is 11.8 Å². The van der Waals surface area contributed by atoms with Gasteiger partial charge < -0.3 is 10.0 Å². The minimum absolute atomic E-state index is 0.115. The van der Waals surface area contributed by atoms with Gasteiger partial charge in [-0.1, -0.05) is 0 Å². The topological polar surface area (TPSA) is 96.6 Å². The van der Waals surface area contributed by atoms with Crippen LogP contribution in [-0.2, 0) is 0 Å². The van der Waals surface area contributed by atoms with Crippen LogP contribution >= 0.6 is 11.8 Å². The normalized spacial score (nSPS) is 15.4. The summed E-state index contributed by atoms with van der Waals surface area (Å²) in [6, 6.07) is 1.06. The van der Waals surface area contributed by atoms with Crippen LogP contribution in [0.1, 0.15) is 10.4 Å². The zero-order chi connectivity index (χ0) is 13.1. The highest BCUT2D eigenvalue weighted by Crippen LogP contribution is 2.24. The maximum atomic E-state index is 11.1. The van der Waals surface area contributed by atoms with Gasteiger partial charge in [0.15, 0.2) is 0 Å². The van der Waals surface area contributed by atoms with Gasteiger partial charge in [-0.25, -0.2) is 9.78 Å². The van der Waals surface area contributed by atoms with Crippen LogP contribution in [0.5, 0.6) is 0 Å². The number of rotatable bonds is 3. The molecule has 0 aromatic carbocycles. The fourth-order valence-corrected chi connectivity index (χ4v) is 2.63. The molecule has 1 aromatic rings. The van der Waals surface area contributed by atoms with E-state index in [2.05, 4.69) is 4.98 Å². The predicted octanol–water partition coefficient (Wildman–Crippen LogP) is 1.24. The lowest BCUT2D eigenvalue weighted by molar-refractivity contribution is -0.385. The Morgan fingerprint density at radius 2 is 2.17 bits per heavy atom. The molecule has 1 fully saturated rings. The highest BCUT2D eigenvalue weighted by Gasteiger charge is 2.22.